The standard InChI is InChI=1S/C18H15Cl2N5OS/c1-24-17(10-26-15-8-12(19)5-6-14(15)20)22-23-18(24)27-11-13-9-25-7-3-2-4-16(25)21-13/h2-9H,10-11H2,1H3. The SMILES string of the molecule is Cn1c(COc2cc(Cl)ccc2Cl)nnc1SCc1cn2ccccc2n1. The largest absolute Gasteiger partial charge is 0.484 e. The van der Waals surface area contributed by atoms with E-state index in [4.69, 9.17) is 27.9 Å². The van der Waals surface area contributed by atoms with Crippen LogP contribution in [0.1, 0.15) is 11.5 Å². The lowest BCUT2D eigenvalue weighted by molar-refractivity contribution is 0.290. The highest BCUT2D eigenvalue weighted by Gasteiger charge is 2.12. The summed E-state index contributed by atoms with van der Waals surface area (Å²) >= 11 is 13.7. The van der Waals surface area contributed by atoms with E-state index in [0.717, 1.165) is 16.5 Å². The fourth-order valence-corrected chi connectivity index (χ4v) is 3.67. The first-order valence-electron chi connectivity index (χ1n) is 8.11. The third-order valence-corrected chi connectivity index (χ3v) is 5.54. The van der Waals surface area contributed by atoms with Crippen LogP contribution in [-0.4, -0.2) is 24.1 Å². The molecule has 4 rings (SSSR count). The lowest BCUT2D eigenvalue weighted by Gasteiger charge is -2.08. The van der Waals surface area contributed by atoms with Crippen LogP contribution in [0.4, 0.5) is 0 Å². The molecule has 0 bridgehead atoms. The van der Waals surface area contributed by atoms with Crippen molar-refractivity contribution < 1.29 is 4.74 Å². The first-order valence-corrected chi connectivity index (χ1v) is 9.86. The van der Waals surface area contributed by atoms with E-state index < -0.39 is 0 Å². The number of pyridine rings is 1. The highest BCUT2D eigenvalue weighted by atomic mass is 35.5. The van der Waals surface area contributed by atoms with Crippen molar-refractivity contribution in [2.24, 2.45) is 7.05 Å². The molecule has 6 nitrogen and oxygen atoms in total. The molecular formula is C18H15Cl2N5OS. The molecule has 0 aliphatic rings. The first kappa shape index (κ1) is 18.2. The average molecular weight is 420 g/mol. The van der Waals surface area contributed by atoms with Gasteiger partial charge in [0.1, 0.15) is 18.0 Å². The van der Waals surface area contributed by atoms with Crippen LogP contribution >= 0.6 is 35.0 Å². The van der Waals surface area contributed by atoms with Crippen LogP contribution in [0.15, 0.2) is 53.9 Å². The van der Waals surface area contributed by atoms with Crippen molar-refractivity contribution in [3.8, 4) is 5.75 Å². The Morgan fingerprint density at radius 2 is 2.04 bits per heavy atom. The smallest absolute Gasteiger partial charge is 0.191 e. The van der Waals surface area contributed by atoms with Gasteiger partial charge >= 0.3 is 0 Å². The Hall–Kier alpha value is -2.22. The molecule has 0 saturated heterocycles. The van der Waals surface area contributed by atoms with Crippen molar-refractivity contribution in [2.75, 3.05) is 0 Å². The van der Waals surface area contributed by atoms with E-state index in [2.05, 4.69) is 15.2 Å². The molecule has 0 unspecified atom stereocenters. The van der Waals surface area contributed by atoms with Gasteiger partial charge in [-0.1, -0.05) is 41.0 Å². The predicted octanol–water partition coefficient (Wildman–Crippen LogP) is 4.64. The topological polar surface area (TPSA) is 57.2 Å². The molecule has 0 N–H and O–H groups in total. The third kappa shape index (κ3) is 4.05. The minimum absolute atomic E-state index is 0.248. The molecule has 1 aromatic carbocycles. The van der Waals surface area contributed by atoms with E-state index >= 15 is 0 Å². The molecule has 4 aromatic rings. The van der Waals surface area contributed by atoms with Crippen molar-refractivity contribution in [1.29, 1.82) is 0 Å². The van der Waals surface area contributed by atoms with E-state index in [9.17, 15) is 0 Å². The summed E-state index contributed by atoms with van der Waals surface area (Å²) in [5.41, 5.74) is 1.91. The second-order valence-electron chi connectivity index (χ2n) is 5.81. The third-order valence-electron chi connectivity index (χ3n) is 3.94. The van der Waals surface area contributed by atoms with Crippen LogP contribution in [0.2, 0.25) is 10.0 Å². The minimum atomic E-state index is 0.248. The monoisotopic (exact) mass is 419 g/mol. The fraction of sp³-hybridized carbons (Fsp3) is 0.167. The van der Waals surface area contributed by atoms with Gasteiger partial charge in [-0.3, -0.25) is 0 Å². The van der Waals surface area contributed by atoms with Gasteiger partial charge in [0.25, 0.3) is 0 Å². The maximum Gasteiger partial charge on any atom is 0.191 e. The Bertz CT molecular complexity index is 1060. The summed E-state index contributed by atoms with van der Waals surface area (Å²) in [4.78, 5) is 4.59. The average Bonchev–Trinajstić information content (AvgIpc) is 3.24. The molecule has 0 aliphatic heterocycles. The number of halogens is 2. The number of benzene rings is 1. The molecule has 27 heavy (non-hydrogen) atoms. The number of rotatable bonds is 6. The van der Waals surface area contributed by atoms with Crippen LogP contribution in [0.5, 0.6) is 5.75 Å². The zero-order valence-electron chi connectivity index (χ0n) is 14.3. The van der Waals surface area contributed by atoms with Gasteiger partial charge < -0.3 is 13.7 Å². The molecule has 0 amide bonds. The number of ether oxygens (including phenoxy) is 1. The molecule has 0 spiro atoms. The van der Waals surface area contributed by atoms with Gasteiger partial charge in [-0.25, -0.2) is 4.98 Å². The fourth-order valence-electron chi connectivity index (χ4n) is 2.52. The molecule has 3 heterocycles. The highest BCUT2D eigenvalue weighted by molar-refractivity contribution is 7.98. The molecule has 0 fully saturated rings. The van der Waals surface area contributed by atoms with Gasteiger partial charge in [0, 0.05) is 36.3 Å². The van der Waals surface area contributed by atoms with Crippen LogP contribution in [0, 0.1) is 0 Å². The van der Waals surface area contributed by atoms with Gasteiger partial charge in [-0.2, -0.15) is 0 Å². The Kier molecular flexibility index (Phi) is 5.24. The van der Waals surface area contributed by atoms with Crippen LogP contribution in [0.25, 0.3) is 5.65 Å². The number of thioether (sulfide) groups is 1. The van der Waals surface area contributed by atoms with Crippen molar-refractivity contribution in [3.05, 3.63) is 70.4 Å². The number of hydrogen-bond acceptors (Lipinski definition) is 5. The number of hydrogen-bond donors (Lipinski definition) is 0. The lowest BCUT2D eigenvalue weighted by atomic mass is 10.3. The van der Waals surface area contributed by atoms with Gasteiger partial charge in [0.2, 0.25) is 0 Å². The Balaban J connectivity index is 1.41. The van der Waals surface area contributed by atoms with E-state index in [1.807, 2.05) is 46.6 Å². The second-order valence-corrected chi connectivity index (χ2v) is 7.59. The summed E-state index contributed by atoms with van der Waals surface area (Å²) in [6.45, 7) is 0.248. The summed E-state index contributed by atoms with van der Waals surface area (Å²) in [7, 11) is 1.91. The quantitative estimate of drug-likeness (QED) is 0.426. The Morgan fingerprint density at radius 3 is 2.89 bits per heavy atom. The first-order chi connectivity index (χ1) is 13.1. The molecule has 0 atom stereocenters. The van der Waals surface area contributed by atoms with Gasteiger partial charge in [-0.15, -0.1) is 10.2 Å². The molecule has 3 aromatic heterocycles. The molecular weight excluding hydrogens is 405 g/mol. The minimum Gasteiger partial charge on any atom is -0.484 e. The molecule has 138 valence electrons. The van der Waals surface area contributed by atoms with Crippen molar-refractivity contribution in [3.63, 3.8) is 0 Å². The molecule has 0 saturated carbocycles. The van der Waals surface area contributed by atoms with Crippen LogP contribution < -0.4 is 4.74 Å². The van der Waals surface area contributed by atoms with Gasteiger partial charge in [0.05, 0.1) is 10.7 Å². The number of imidazole rings is 1. The van der Waals surface area contributed by atoms with Crippen LogP contribution in [0.3, 0.4) is 0 Å². The summed E-state index contributed by atoms with van der Waals surface area (Å²) in [6, 6.07) is 11.0. The summed E-state index contributed by atoms with van der Waals surface area (Å²) in [5.74, 6) is 1.92. The van der Waals surface area contributed by atoms with E-state index in [0.29, 0.717) is 27.4 Å². The zero-order chi connectivity index (χ0) is 18.8. The summed E-state index contributed by atoms with van der Waals surface area (Å²) in [5, 5.41) is 10.3. The number of aromatic nitrogens is 5. The van der Waals surface area contributed by atoms with Crippen molar-refractivity contribution in [2.45, 2.75) is 17.5 Å². The number of nitrogens with zero attached hydrogens (tertiary/aromatic N) is 5. The van der Waals surface area contributed by atoms with E-state index in [1.54, 1.807) is 30.0 Å². The van der Waals surface area contributed by atoms with E-state index in [-0.39, 0.29) is 6.61 Å². The van der Waals surface area contributed by atoms with Gasteiger partial charge in [0.15, 0.2) is 11.0 Å². The summed E-state index contributed by atoms with van der Waals surface area (Å²) < 4.78 is 9.64. The van der Waals surface area contributed by atoms with E-state index in [1.165, 1.54) is 0 Å². The Morgan fingerprint density at radius 1 is 1.15 bits per heavy atom. The summed E-state index contributed by atoms with van der Waals surface area (Å²) in [6.07, 6.45) is 4.00. The molecule has 0 radical (unpaired) electrons. The lowest BCUT2D eigenvalue weighted by Crippen LogP contribution is -2.04. The molecule has 0 aliphatic carbocycles. The maximum absolute atomic E-state index is 6.12. The van der Waals surface area contributed by atoms with Crippen LogP contribution in [-0.2, 0) is 19.4 Å². The number of fused-ring (bicyclic) bond motifs is 1. The highest BCUT2D eigenvalue weighted by Crippen LogP contribution is 2.28. The van der Waals surface area contributed by atoms with Crippen molar-refractivity contribution >= 4 is 40.6 Å². The zero-order valence-corrected chi connectivity index (χ0v) is 16.7. The normalized spacial score (nSPS) is 11.2. The maximum atomic E-state index is 6.12. The predicted molar refractivity (Wildman–Crippen MR) is 107 cm³/mol. The molecule has 9 heteroatoms. The van der Waals surface area contributed by atoms with Gasteiger partial charge in [-0.05, 0) is 24.3 Å². The Labute approximate surface area is 170 Å². The van der Waals surface area contributed by atoms with Crippen molar-refractivity contribution in [1.82, 2.24) is 24.1 Å². The second kappa shape index (κ2) is 7.80.